The highest BCUT2D eigenvalue weighted by Crippen LogP contribution is 2.17. The van der Waals surface area contributed by atoms with E-state index in [9.17, 15) is 19.8 Å². The molecule has 0 aromatic carbocycles. The fourth-order valence-corrected chi connectivity index (χ4v) is 9.69. The summed E-state index contributed by atoms with van der Waals surface area (Å²) in [5, 5.41) is 23.3. The van der Waals surface area contributed by atoms with E-state index in [1.807, 2.05) is 0 Å². The topological polar surface area (TPSA) is 95.9 Å². The lowest BCUT2D eigenvalue weighted by molar-refractivity contribution is -0.143. The third-order valence-corrected chi connectivity index (χ3v) is 14.5. The highest BCUT2D eigenvalue weighted by molar-refractivity contribution is 5.76. The molecule has 1 amide bonds. The number of nitrogens with one attached hydrogen (secondary N) is 1. The summed E-state index contributed by atoms with van der Waals surface area (Å²) in [6, 6.07) is -0.553. The molecule has 0 radical (unpaired) electrons. The molecule has 0 spiro atoms. The molecule has 6 nitrogen and oxygen atoms in total. The molecule has 2 unspecified atom stereocenters. The second-order valence-electron chi connectivity index (χ2n) is 21.4. The molecular weight excluding hydrogens is 851 g/mol. The molecule has 0 bridgehead atoms. The molecule has 0 rings (SSSR count). The van der Waals surface area contributed by atoms with Crippen LogP contribution in [0.3, 0.4) is 0 Å². The smallest absolute Gasteiger partial charge is 0.305 e. The number of carbonyl (C=O) groups excluding carboxylic acids is 2. The number of aliphatic hydroxyl groups is 2. The quantitative estimate of drug-likeness (QED) is 0.0321. The van der Waals surface area contributed by atoms with Gasteiger partial charge >= 0.3 is 5.97 Å². The first-order valence-corrected chi connectivity index (χ1v) is 31.1. The number of allylic oxidation sites excluding steroid dienone is 4. The minimum atomic E-state index is -0.675. The van der Waals surface area contributed by atoms with Crippen LogP contribution in [0.4, 0.5) is 0 Å². The van der Waals surface area contributed by atoms with E-state index < -0.39 is 12.1 Å². The molecule has 69 heavy (non-hydrogen) atoms. The molecule has 0 heterocycles. The van der Waals surface area contributed by atoms with Crippen molar-refractivity contribution in [2.75, 3.05) is 13.2 Å². The molecule has 0 aliphatic heterocycles. The zero-order chi connectivity index (χ0) is 50.0. The molecule has 0 aromatic heterocycles. The Morgan fingerprint density at radius 3 is 1.03 bits per heavy atom. The Labute approximate surface area is 431 Å². The summed E-state index contributed by atoms with van der Waals surface area (Å²) < 4.78 is 5.48. The van der Waals surface area contributed by atoms with Crippen LogP contribution in [0.15, 0.2) is 24.3 Å². The van der Waals surface area contributed by atoms with Crippen LogP contribution >= 0.6 is 0 Å². The average molecular weight is 973 g/mol. The first kappa shape index (κ1) is 67.3. The van der Waals surface area contributed by atoms with Gasteiger partial charge in [-0.25, -0.2) is 0 Å². The SMILES string of the molecule is CCCCCCCC/C=C\CCCCCCCCCCCC(=O)OCCCCCC/C=C\CCCCCCCCCC(=O)NC(CO)C(O)CCCCCCCCCCCCCCCCCCCC. The van der Waals surface area contributed by atoms with Gasteiger partial charge in [0.05, 0.1) is 25.4 Å². The monoisotopic (exact) mass is 972 g/mol. The Bertz CT molecular complexity index is 1080. The maximum atomic E-state index is 12.5. The number of ether oxygens (including phenoxy) is 1. The third-order valence-electron chi connectivity index (χ3n) is 14.5. The number of esters is 1. The van der Waals surface area contributed by atoms with Gasteiger partial charge in [0.25, 0.3) is 0 Å². The van der Waals surface area contributed by atoms with Crippen molar-refractivity contribution in [1.82, 2.24) is 5.32 Å². The fourth-order valence-electron chi connectivity index (χ4n) is 9.69. The molecule has 0 saturated heterocycles. The summed E-state index contributed by atoms with van der Waals surface area (Å²) in [7, 11) is 0. The van der Waals surface area contributed by atoms with Crippen LogP contribution in [-0.4, -0.2) is 47.4 Å². The number of unbranched alkanes of at least 4 members (excludes halogenated alkanes) is 43. The number of rotatable bonds is 58. The summed E-state index contributed by atoms with van der Waals surface area (Å²) in [6.45, 7) is 4.94. The fraction of sp³-hybridized carbons (Fsp3) is 0.905. The molecule has 6 heteroatoms. The van der Waals surface area contributed by atoms with Crippen LogP contribution in [0.5, 0.6) is 0 Å². The van der Waals surface area contributed by atoms with Crippen molar-refractivity contribution < 1.29 is 24.5 Å². The predicted molar refractivity (Wildman–Crippen MR) is 301 cm³/mol. The highest BCUT2D eigenvalue weighted by Gasteiger charge is 2.20. The van der Waals surface area contributed by atoms with Crippen LogP contribution < -0.4 is 5.32 Å². The van der Waals surface area contributed by atoms with E-state index in [1.54, 1.807) is 0 Å². The Morgan fingerprint density at radius 1 is 0.391 bits per heavy atom. The van der Waals surface area contributed by atoms with Gasteiger partial charge < -0.3 is 20.3 Å². The molecule has 3 N–H and O–H groups in total. The average Bonchev–Trinajstić information content (AvgIpc) is 3.35. The summed E-state index contributed by atoms with van der Waals surface area (Å²) in [4.78, 5) is 24.6. The second-order valence-corrected chi connectivity index (χ2v) is 21.4. The third kappa shape index (κ3) is 55.5. The van der Waals surface area contributed by atoms with Gasteiger partial charge in [0, 0.05) is 12.8 Å². The number of hydrogen-bond acceptors (Lipinski definition) is 5. The van der Waals surface area contributed by atoms with Gasteiger partial charge in [-0.3, -0.25) is 9.59 Å². The van der Waals surface area contributed by atoms with Crippen LogP contribution in [0.2, 0.25) is 0 Å². The molecule has 0 saturated carbocycles. The first-order valence-electron chi connectivity index (χ1n) is 31.1. The van der Waals surface area contributed by atoms with Crippen molar-refractivity contribution in [1.29, 1.82) is 0 Å². The Hall–Kier alpha value is -1.66. The van der Waals surface area contributed by atoms with Crippen molar-refractivity contribution in [3.8, 4) is 0 Å². The zero-order valence-corrected chi connectivity index (χ0v) is 46.6. The van der Waals surface area contributed by atoms with E-state index in [2.05, 4.69) is 43.5 Å². The van der Waals surface area contributed by atoms with Gasteiger partial charge in [-0.1, -0.05) is 276 Å². The molecule has 0 fully saturated rings. The summed E-state index contributed by atoms with van der Waals surface area (Å²) in [6.07, 6.45) is 71.8. The predicted octanol–water partition coefficient (Wildman–Crippen LogP) is 19.4. The van der Waals surface area contributed by atoms with Gasteiger partial charge in [-0.05, 0) is 77.0 Å². The lowest BCUT2D eigenvalue weighted by atomic mass is 10.0. The van der Waals surface area contributed by atoms with E-state index in [0.29, 0.717) is 25.9 Å². The lowest BCUT2D eigenvalue weighted by Gasteiger charge is -2.22. The highest BCUT2D eigenvalue weighted by atomic mass is 16.5. The summed E-state index contributed by atoms with van der Waals surface area (Å²) >= 11 is 0. The molecule has 2 atom stereocenters. The minimum Gasteiger partial charge on any atom is -0.466 e. The Kier molecular flexibility index (Phi) is 57.5. The van der Waals surface area contributed by atoms with E-state index >= 15 is 0 Å². The molecular formula is C63H121NO5. The Balaban J connectivity index is 3.45. The first-order chi connectivity index (χ1) is 34.0. The van der Waals surface area contributed by atoms with Gasteiger partial charge in [-0.2, -0.15) is 0 Å². The van der Waals surface area contributed by atoms with Gasteiger partial charge in [0.15, 0.2) is 0 Å². The lowest BCUT2D eigenvalue weighted by Crippen LogP contribution is -2.45. The maximum absolute atomic E-state index is 12.5. The van der Waals surface area contributed by atoms with E-state index in [-0.39, 0.29) is 18.5 Å². The van der Waals surface area contributed by atoms with Crippen molar-refractivity contribution >= 4 is 11.9 Å². The number of hydrogen-bond donors (Lipinski definition) is 3. The summed E-state index contributed by atoms with van der Waals surface area (Å²) in [5.74, 6) is -0.0574. The number of carbonyl (C=O) groups is 2. The van der Waals surface area contributed by atoms with Gasteiger partial charge in [0.2, 0.25) is 5.91 Å². The van der Waals surface area contributed by atoms with Gasteiger partial charge in [-0.15, -0.1) is 0 Å². The van der Waals surface area contributed by atoms with Crippen molar-refractivity contribution in [2.24, 2.45) is 0 Å². The van der Waals surface area contributed by atoms with Crippen molar-refractivity contribution in [3.63, 3.8) is 0 Å². The second kappa shape index (κ2) is 58.9. The summed E-state index contributed by atoms with van der Waals surface area (Å²) in [5.41, 5.74) is 0. The minimum absolute atomic E-state index is 0.00976. The largest absolute Gasteiger partial charge is 0.466 e. The van der Waals surface area contributed by atoms with Crippen LogP contribution in [-0.2, 0) is 14.3 Å². The van der Waals surface area contributed by atoms with E-state index in [0.717, 1.165) is 70.6 Å². The zero-order valence-electron chi connectivity index (χ0n) is 46.6. The molecule has 0 aromatic rings. The van der Waals surface area contributed by atoms with Crippen LogP contribution in [0.1, 0.15) is 341 Å². The standard InChI is InChI=1S/C63H121NO5/c1-3-5-7-9-11-13-15-17-19-21-23-25-29-33-37-41-45-49-53-57-63(68)69-58-54-50-46-42-38-34-30-26-28-32-36-40-44-48-52-56-62(67)64-60(59-65)61(66)55-51-47-43-39-35-31-27-24-22-20-18-16-14-12-10-8-6-4-2/h17,19,30,34,60-61,65-66H,3-16,18,20-29,31-33,35-59H2,1-2H3,(H,64,67)/b19-17-,34-30-. The van der Waals surface area contributed by atoms with E-state index in [4.69, 9.17) is 4.74 Å². The van der Waals surface area contributed by atoms with Crippen LogP contribution in [0.25, 0.3) is 0 Å². The normalized spacial score (nSPS) is 12.7. The number of aliphatic hydroxyl groups excluding tert-OH is 2. The molecule has 0 aliphatic carbocycles. The maximum Gasteiger partial charge on any atom is 0.305 e. The van der Waals surface area contributed by atoms with Crippen molar-refractivity contribution in [2.45, 2.75) is 353 Å². The van der Waals surface area contributed by atoms with E-state index in [1.165, 1.54) is 238 Å². The number of amides is 1. The molecule has 408 valence electrons. The Morgan fingerprint density at radius 2 is 0.681 bits per heavy atom. The molecule has 0 aliphatic rings. The van der Waals surface area contributed by atoms with Gasteiger partial charge in [0.1, 0.15) is 0 Å². The van der Waals surface area contributed by atoms with Crippen LogP contribution in [0, 0.1) is 0 Å². The van der Waals surface area contributed by atoms with Crippen molar-refractivity contribution in [3.05, 3.63) is 24.3 Å².